The van der Waals surface area contributed by atoms with Crippen molar-refractivity contribution in [1.82, 2.24) is 5.32 Å². The van der Waals surface area contributed by atoms with E-state index in [2.05, 4.69) is 5.32 Å². The number of nitrogens with one attached hydrogen (secondary N) is 1. The molecule has 0 aliphatic carbocycles. The molecule has 0 bridgehead atoms. The minimum atomic E-state index is -4.57. The lowest BCUT2D eigenvalue weighted by Gasteiger charge is -2.11. The molecule has 9 heteroatoms. The molecule has 2 rings (SSSR count). The monoisotopic (exact) mass is 400 g/mol. The molecule has 0 spiro atoms. The fourth-order valence-electron chi connectivity index (χ4n) is 2.18. The zero-order valence-corrected chi connectivity index (χ0v) is 14.7. The van der Waals surface area contributed by atoms with Crippen molar-refractivity contribution in [3.63, 3.8) is 0 Å². The van der Waals surface area contributed by atoms with Gasteiger partial charge in [0.25, 0.3) is 5.91 Å². The number of hydrogen-bond donors (Lipinski definition) is 2. The number of carbonyl (C=O) groups is 2. The third-order valence-electron chi connectivity index (χ3n) is 3.58. The number of rotatable bonds is 6. The molecular formula is C18H16ClF3N2O3. The Hall–Kier alpha value is -2.74. The number of benzene rings is 2. The molecule has 144 valence electrons. The number of alkyl halides is 3. The number of ether oxygens (including phenoxy) is 1. The van der Waals surface area contributed by atoms with Gasteiger partial charge in [-0.15, -0.1) is 0 Å². The van der Waals surface area contributed by atoms with Gasteiger partial charge in [0.1, 0.15) is 0 Å². The molecule has 0 saturated carbocycles. The summed E-state index contributed by atoms with van der Waals surface area (Å²) in [6.45, 7) is -0.250. The van der Waals surface area contributed by atoms with Crippen LogP contribution in [0.15, 0.2) is 42.5 Å². The zero-order valence-electron chi connectivity index (χ0n) is 14.0. The summed E-state index contributed by atoms with van der Waals surface area (Å²) in [5.74, 6) is -1.52. The van der Waals surface area contributed by atoms with E-state index in [-0.39, 0.29) is 11.3 Å². The highest BCUT2D eigenvalue weighted by molar-refractivity contribution is 6.30. The lowest BCUT2D eigenvalue weighted by Crippen LogP contribution is -2.30. The zero-order chi connectivity index (χ0) is 20.0. The van der Waals surface area contributed by atoms with Crippen LogP contribution in [0.5, 0.6) is 0 Å². The van der Waals surface area contributed by atoms with E-state index in [9.17, 15) is 22.8 Å². The van der Waals surface area contributed by atoms with Crippen molar-refractivity contribution in [2.24, 2.45) is 0 Å². The molecule has 0 saturated heterocycles. The molecule has 0 atom stereocenters. The molecule has 2 aromatic rings. The maximum Gasteiger partial charge on any atom is 0.416 e. The third-order valence-corrected chi connectivity index (χ3v) is 3.83. The van der Waals surface area contributed by atoms with Gasteiger partial charge < -0.3 is 15.8 Å². The highest BCUT2D eigenvalue weighted by atomic mass is 35.5. The van der Waals surface area contributed by atoms with Crippen LogP contribution in [0.3, 0.4) is 0 Å². The van der Waals surface area contributed by atoms with E-state index in [1.807, 2.05) is 12.1 Å². The fraction of sp³-hybridized carbons (Fsp3) is 0.222. The average Bonchev–Trinajstić information content (AvgIpc) is 2.60. The van der Waals surface area contributed by atoms with Crippen molar-refractivity contribution in [2.75, 3.05) is 18.9 Å². The second-order valence-electron chi connectivity index (χ2n) is 5.60. The van der Waals surface area contributed by atoms with E-state index in [0.717, 1.165) is 17.7 Å². The van der Waals surface area contributed by atoms with E-state index in [1.54, 1.807) is 12.1 Å². The van der Waals surface area contributed by atoms with Gasteiger partial charge in [0.2, 0.25) is 0 Å². The Bertz CT molecular complexity index is 824. The topological polar surface area (TPSA) is 81.4 Å². The minimum absolute atomic E-state index is 0.239. The molecule has 0 aromatic heterocycles. The van der Waals surface area contributed by atoms with E-state index < -0.39 is 30.2 Å². The van der Waals surface area contributed by atoms with Crippen molar-refractivity contribution >= 4 is 29.2 Å². The molecule has 27 heavy (non-hydrogen) atoms. The second kappa shape index (κ2) is 8.77. The average molecular weight is 401 g/mol. The summed E-state index contributed by atoms with van der Waals surface area (Å²) in [5, 5.41) is 3.18. The molecule has 3 N–H and O–H groups in total. The molecule has 0 heterocycles. The molecule has 1 amide bonds. The van der Waals surface area contributed by atoms with Gasteiger partial charge in [0.05, 0.1) is 11.1 Å². The van der Waals surface area contributed by atoms with Crippen LogP contribution >= 0.6 is 11.6 Å². The van der Waals surface area contributed by atoms with Crippen molar-refractivity contribution in [2.45, 2.75) is 12.6 Å². The number of carbonyl (C=O) groups excluding carboxylic acids is 2. The van der Waals surface area contributed by atoms with E-state index in [4.69, 9.17) is 22.1 Å². The SMILES string of the molecule is Nc1cc(C(F)(F)F)ccc1C(=O)OCC(=O)NCCc1ccc(Cl)cc1. The van der Waals surface area contributed by atoms with Gasteiger partial charge in [-0.3, -0.25) is 4.79 Å². The van der Waals surface area contributed by atoms with Crippen LogP contribution in [-0.4, -0.2) is 25.0 Å². The van der Waals surface area contributed by atoms with Crippen LogP contribution < -0.4 is 11.1 Å². The second-order valence-corrected chi connectivity index (χ2v) is 6.04. The normalized spacial score (nSPS) is 11.1. The highest BCUT2D eigenvalue weighted by Gasteiger charge is 2.31. The Labute approximate surface area is 158 Å². The van der Waals surface area contributed by atoms with Gasteiger partial charge in [-0.05, 0) is 42.3 Å². The van der Waals surface area contributed by atoms with Crippen molar-refractivity contribution in [3.05, 3.63) is 64.2 Å². The summed E-state index contributed by atoms with van der Waals surface area (Å²) in [7, 11) is 0. The summed E-state index contributed by atoms with van der Waals surface area (Å²) < 4.78 is 42.5. The van der Waals surface area contributed by atoms with Crippen LogP contribution in [-0.2, 0) is 22.1 Å². The number of nitrogen functional groups attached to an aromatic ring is 1. The number of nitrogens with two attached hydrogens (primary N) is 1. The van der Waals surface area contributed by atoms with Gasteiger partial charge in [0, 0.05) is 17.3 Å². The Kier molecular flexibility index (Phi) is 6.68. The summed E-state index contributed by atoms with van der Waals surface area (Å²) in [6, 6.07) is 9.38. The number of esters is 1. The fourth-order valence-corrected chi connectivity index (χ4v) is 2.31. The smallest absolute Gasteiger partial charge is 0.416 e. The number of halogens is 4. The molecule has 0 aliphatic heterocycles. The van der Waals surface area contributed by atoms with Crippen LogP contribution in [0.2, 0.25) is 5.02 Å². The van der Waals surface area contributed by atoms with Crippen LogP contribution in [0, 0.1) is 0 Å². The van der Waals surface area contributed by atoms with Gasteiger partial charge in [-0.2, -0.15) is 13.2 Å². The van der Waals surface area contributed by atoms with Crippen LogP contribution in [0.25, 0.3) is 0 Å². The lowest BCUT2D eigenvalue weighted by molar-refractivity contribution is -0.137. The van der Waals surface area contributed by atoms with E-state index in [0.29, 0.717) is 24.1 Å². The van der Waals surface area contributed by atoms with Crippen molar-refractivity contribution in [1.29, 1.82) is 0 Å². The lowest BCUT2D eigenvalue weighted by atomic mass is 10.1. The quantitative estimate of drug-likeness (QED) is 0.574. The van der Waals surface area contributed by atoms with Gasteiger partial charge >= 0.3 is 12.1 Å². The first-order valence-electron chi connectivity index (χ1n) is 7.82. The predicted octanol–water partition coefficient (Wildman–Crippen LogP) is 3.46. The first-order valence-corrected chi connectivity index (χ1v) is 8.19. The molecule has 5 nitrogen and oxygen atoms in total. The third kappa shape index (κ3) is 6.18. The summed E-state index contributed by atoms with van der Waals surface area (Å²) >= 11 is 5.78. The van der Waals surface area contributed by atoms with Crippen molar-refractivity contribution < 1.29 is 27.5 Å². The predicted molar refractivity (Wildman–Crippen MR) is 94.3 cm³/mol. The molecule has 0 unspecified atom stereocenters. The van der Waals surface area contributed by atoms with E-state index >= 15 is 0 Å². The largest absolute Gasteiger partial charge is 0.452 e. The van der Waals surface area contributed by atoms with Crippen LogP contribution in [0.1, 0.15) is 21.5 Å². The Morgan fingerprint density at radius 1 is 1.11 bits per heavy atom. The maximum absolute atomic E-state index is 12.6. The molecule has 0 aliphatic rings. The Balaban J connectivity index is 1.80. The highest BCUT2D eigenvalue weighted by Crippen LogP contribution is 2.31. The van der Waals surface area contributed by atoms with Crippen molar-refractivity contribution in [3.8, 4) is 0 Å². The first-order chi connectivity index (χ1) is 12.7. The van der Waals surface area contributed by atoms with Gasteiger partial charge in [-0.25, -0.2) is 4.79 Å². The molecular weight excluding hydrogens is 385 g/mol. The molecule has 0 radical (unpaired) electrons. The number of amides is 1. The first kappa shape index (κ1) is 20.6. The number of anilines is 1. The Morgan fingerprint density at radius 3 is 2.37 bits per heavy atom. The van der Waals surface area contributed by atoms with Gasteiger partial charge in [0.15, 0.2) is 6.61 Å². The summed E-state index contributed by atoms with van der Waals surface area (Å²) in [6.07, 6.45) is -4.01. The minimum Gasteiger partial charge on any atom is -0.452 e. The van der Waals surface area contributed by atoms with Crippen LogP contribution in [0.4, 0.5) is 18.9 Å². The number of hydrogen-bond acceptors (Lipinski definition) is 4. The standard InChI is InChI=1S/C18H16ClF3N2O3/c19-13-4-1-11(2-5-13)7-8-24-16(25)10-27-17(26)14-6-3-12(9-15(14)23)18(20,21)22/h1-6,9H,7-8,10,23H2,(H,24,25). The van der Waals surface area contributed by atoms with Gasteiger partial charge in [-0.1, -0.05) is 23.7 Å². The van der Waals surface area contributed by atoms with E-state index in [1.165, 1.54) is 0 Å². The Morgan fingerprint density at radius 2 is 1.78 bits per heavy atom. The maximum atomic E-state index is 12.6. The molecule has 0 fully saturated rings. The molecule has 2 aromatic carbocycles. The summed E-state index contributed by atoms with van der Waals surface area (Å²) in [4.78, 5) is 23.6. The summed E-state index contributed by atoms with van der Waals surface area (Å²) in [5.41, 5.74) is 4.85.